The predicted molar refractivity (Wildman–Crippen MR) is 90.2 cm³/mol. The van der Waals surface area contributed by atoms with Crippen molar-refractivity contribution in [3.05, 3.63) is 71.3 Å². The summed E-state index contributed by atoms with van der Waals surface area (Å²) in [5.41, 5.74) is 2.58. The topological polar surface area (TPSA) is 49.7 Å². The van der Waals surface area contributed by atoms with Crippen molar-refractivity contribution < 1.29 is 14.9 Å². The lowest BCUT2D eigenvalue weighted by Crippen LogP contribution is -2.34. The molecule has 2 N–H and O–H groups in total. The monoisotopic (exact) mass is 306 g/mol. The van der Waals surface area contributed by atoms with Gasteiger partial charge in [0.2, 0.25) is 0 Å². The molecule has 0 saturated heterocycles. The van der Waals surface area contributed by atoms with Gasteiger partial charge >= 0.3 is 0 Å². The highest BCUT2D eigenvalue weighted by Crippen LogP contribution is 2.47. The Morgan fingerprint density at radius 1 is 1.04 bits per heavy atom. The van der Waals surface area contributed by atoms with Crippen molar-refractivity contribution in [1.29, 1.82) is 0 Å². The van der Waals surface area contributed by atoms with Crippen LogP contribution < -0.4 is 4.74 Å². The van der Waals surface area contributed by atoms with E-state index in [1.54, 1.807) is 12.1 Å². The molecule has 1 aliphatic heterocycles. The molecule has 0 amide bonds. The van der Waals surface area contributed by atoms with Crippen molar-refractivity contribution in [3.63, 3.8) is 0 Å². The lowest BCUT2D eigenvalue weighted by molar-refractivity contribution is 0.185. The van der Waals surface area contributed by atoms with Gasteiger partial charge in [-0.2, -0.15) is 0 Å². The van der Waals surface area contributed by atoms with Gasteiger partial charge in [-0.15, -0.1) is 0 Å². The zero-order valence-corrected chi connectivity index (χ0v) is 12.9. The number of phenols is 1. The molecule has 1 atom stereocenters. The van der Waals surface area contributed by atoms with Crippen molar-refractivity contribution >= 4 is 10.8 Å². The van der Waals surface area contributed by atoms with Crippen molar-refractivity contribution in [2.45, 2.75) is 12.3 Å². The van der Waals surface area contributed by atoms with E-state index in [4.69, 9.17) is 4.74 Å². The molecule has 0 unspecified atom stereocenters. The van der Waals surface area contributed by atoms with Gasteiger partial charge in [-0.3, -0.25) is 0 Å². The molecule has 0 saturated carbocycles. The summed E-state index contributed by atoms with van der Waals surface area (Å²) in [7, 11) is 0. The summed E-state index contributed by atoms with van der Waals surface area (Å²) in [5, 5.41) is 22.1. The first-order valence-electron chi connectivity index (χ1n) is 7.71. The number of phenolic OH excluding ortho intramolecular Hbond substituents is 1. The molecular formula is C20H18O3. The van der Waals surface area contributed by atoms with E-state index >= 15 is 0 Å². The third-order valence-corrected chi connectivity index (χ3v) is 4.78. The highest BCUT2D eigenvalue weighted by Gasteiger charge is 2.43. The van der Waals surface area contributed by atoms with E-state index in [2.05, 4.69) is 31.2 Å². The Morgan fingerprint density at radius 3 is 2.57 bits per heavy atom. The Hall–Kier alpha value is -2.52. The number of aromatic hydroxyl groups is 1. The van der Waals surface area contributed by atoms with Gasteiger partial charge in [0.15, 0.2) is 0 Å². The summed E-state index contributed by atoms with van der Waals surface area (Å²) in [6.45, 7) is 2.43. The molecule has 3 nitrogen and oxygen atoms in total. The largest absolute Gasteiger partial charge is 0.508 e. The van der Waals surface area contributed by atoms with Crippen molar-refractivity contribution in [1.82, 2.24) is 0 Å². The molecule has 116 valence electrons. The minimum atomic E-state index is -0.599. The summed E-state index contributed by atoms with van der Waals surface area (Å²) < 4.78 is 5.91. The number of hydrogen-bond acceptors (Lipinski definition) is 3. The van der Waals surface area contributed by atoms with Crippen LogP contribution in [0.25, 0.3) is 10.8 Å². The molecule has 3 heteroatoms. The van der Waals surface area contributed by atoms with E-state index in [0.29, 0.717) is 6.61 Å². The zero-order chi connectivity index (χ0) is 16.0. The molecule has 3 aromatic carbocycles. The van der Waals surface area contributed by atoms with Gasteiger partial charge in [0.25, 0.3) is 0 Å². The number of hydrogen-bond donors (Lipinski definition) is 2. The van der Waals surface area contributed by atoms with Gasteiger partial charge in [0.1, 0.15) is 18.1 Å². The molecule has 0 aromatic heterocycles. The van der Waals surface area contributed by atoms with Crippen LogP contribution in [0, 0.1) is 6.92 Å². The van der Waals surface area contributed by atoms with E-state index in [0.717, 1.165) is 27.6 Å². The van der Waals surface area contributed by atoms with Crippen LogP contribution in [0.4, 0.5) is 0 Å². The molecule has 4 rings (SSSR count). The van der Waals surface area contributed by atoms with Crippen molar-refractivity contribution in [2.75, 3.05) is 13.2 Å². The van der Waals surface area contributed by atoms with Crippen LogP contribution in [0.5, 0.6) is 11.5 Å². The number of rotatable bonds is 2. The van der Waals surface area contributed by atoms with Crippen LogP contribution >= 0.6 is 0 Å². The summed E-state index contributed by atoms with van der Waals surface area (Å²) in [6, 6.07) is 17.4. The standard InChI is InChI=1S/C20H18O3/c1-13-2-8-17-14(10-13)3-9-18-19(17)20(11-21,12-23-18)15-4-6-16(22)7-5-15/h2-10,21-22H,11-12H2,1H3/t20-/m1/s1. The smallest absolute Gasteiger partial charge is 0.124 e. The Balaban J connectivity index is 2.02. The number of benzene rings is 3. The highest BCUT2D eigenvalue weighted by molar-refractivity contribution is 5.90. The van der Waals surface area contributed by atoms with E-state index in [1.807, 2.05) is 18.2 Å². The lowest BCUT2D eigenvalue weighted by Gasteiger charge is -2.27. The van der Waals surface area contributed by atoms with E-state index in [9.17, 15) is 10.2 Å². The van der Waals surface area contributed by atoms with E-state index in [-0.39, 0.29) is 12.4 Å². The molecule has 1 aliphatic rings. The highest BCUT2D eigenvalue weighted by atomic mass is 16.5. The fourth-order valence-corrected chi connectivity index (χ4v) is 3.54. The average molecular weight is 306 g/mol. The molecule has 1 heterocycles. The molecule has 0 spiro atoms. The maximum Gasteiger partial charge on any atom is 0.124 e. The number of aryl methyl sites for hydroxylation is 1. The predicted octanol–water partition coefficient (Wildman–Crippen LogP) is 3.52. The first-order valence-corrected chi connectivity index (χ1v) is 7.71. The molecule has 0 fully saturated rings. The second kappa shape index (κ2) is 5.00. The van der Waals surface area contributed by atoms with Crippen LogP contribution in [0.15, 0.2) is 54.6 Å². The summed E-state index contributed by atoms with van der Waals surface area (Å²) in [6.07, 6.45) is 0. The fourth-order valence-electron chi connectivity index (χ4n) is 3.54. The molecule has 0 bridgehead atoms. The minimum absolute atomic E-state index is 0.0439. The Bertz CT molecular complexity index is 883. The first kappa shape index (κ1) is 14.1. The molecule has 0 radical (unpaired) electrons. The number of aliphatic hydroxyl groups is 1. The molecule has 23 heavy (non-hydrogen) atoms. The first-order chi connectivity index (χ1) is 11.1. The summed E-state index contributed by atoms with van der Waals surface area (Å²) >= 11 is 0. The average Bonchev–Trinajstić information content (AvgIpc) is 2.95. The van der Waals surface area contributed by atoms with Crippen molar-refractivity contribution in [3.8, 4) is 11.5 Å². The molecule has 0 aliphatic carbocycles. The summed E-state index contributed by atoms with van der Waals surface area (Å²) in [5.74, 6) is 1.04. The maximum absolute atomic E-state index is 10.3. The van der Waals surface area contributed by atoms with Gasteiger partial charge < -0.3 is 14.9 Å². The van der Waals surface area contributed by atoms with Crippen LogP contribution in [0.2, 0.25) is 0 Å². The molecular weight excluding hydrogens is 288 g/mol. The van der Waals surface area contributed by atoms with Crippen LogP contribution in [-0.2, 0) is 5.41 Å². The SMILES string of the molecule is Cc1ccc2c3c(ccc2c1)OC[C@]3(CO)c1ccc(O)cc1. The lowest BCUT2D eigenvalue weighted by atomic mass is 9.75. The van der Waals surface area contributed by atoms with Crippen molar-refractivity contribution in [2.24, 2.45) is 0 Å². The van der Waals surface area contributed by atoms with Crippen LogP contribution in [0.1, 0.15) is 16.7 Å². The van der Waals surface area contributed by atoms with Gasteiger partial charge in [0.05, 0.1) is 12.0 Å². The van der Waals surface area contributed by atoms with Gasteiger partial charge in [-0.1, -0.05) is 42.0 Å². The van der Waals surface area contributed by atoms with Crippen LogP contribution in [0.3, 0.4) is 0 Å². The van der Waals surface area contributed by atoms with E-state index in [1.165, 1.54) is 5.56 Å². The van der Waals surface area contributed by atoms with Gasteiger partial charge in [-0.25, -0.2) is 0 Å². The fraction of sp³-hybridized carbons (Fsp3) is 0.200. The Kier molecular flexibility index (Phi) is 3.06. The van der Waals surface area contributed by atoms with Crippen LogP contribution in [-0.4, -0.2) is 23.4 Å². The normalized spacial score (nSPS) is 19.6. The Morgan fingerprint density at radius 2 is 1.83 bits per heavy atom. The number of ether oxygens (including phenoxy) is 1. The minimum Gasteiger partial charge on any atom is -0.508 e. The summed E-state index contributed by atoms with van der Waals surface area (Å²) in [4.78, 5) is 0. The van der Waals surface area contributed by atoms with E-state index < -0.39 is 5.41 Å². The second-order valence-electron chi connectivity index (χ2n) is 6.24. The molecule has 3 aromatic rings. The van der Waals surface area contributed by atoms with Gasteiger partial charge in [0, 0.05) is 5.56 Å². The third kappa shape index (κ3) is 2.01. The second-order valence-corrected chi connectivity index (χ2v) is 6.24. The third-order valence-electron chi connectivity index (χ3n) is 4.78. The number of aliphatic hydroxyl groups excluding tert-OH is 1. The quantitative estimate of drug-likeness (QED) is 0.761. The number of fused-ring (bicyclic) bond motifs is 3. The van der Waals surface area contributed by atoms with Gasteiger partial charge in [-0.05, 0) is 41.5 Å². The zero-order valence-electron chi connectivity index (χ0n) is 12.9. The maximum atomic E-state index is 10.3. The Labute approximate surface area is 134 Å².